The maximum Gasteiger partial charge on any atom is 0.337 e. The standard InChI is InChI=1S/C19H26N6O2/c1-25(9-3-7-20)10-4-8-21-17-16-14-6-5-13(19(26)27-2)11-15(14)24-18(16)23-12-22-17/h5-6,11-12H,3-4,7-10,20H2,1-2H3,(H2,21,22,23,24). The zero-order valence-electron chi connectivity index (χ0n) is 15.8. The van der Waals surface area contributed by atoms with E-state index in [2.05, 4.69) is 32.2 Å². The van der Waals surface area contributed by atoms with Gasteiger partial charge in [-0.15, -0.1) is 0 Å². The molecule has 8 heteroatoms. The van der Waals surface area contributed by atoms with E-state index in [-0.39, 0.29) is 5.97 Å². The van der Waals surface area contributed by atoms with Crippen LogP contribution in [-0.4, -0.2) is 66.2 Å². The molecule has 2 heterocycles. The van der Waals surface area contributed by atoms with Crippen molar-refractivity contribution in [2.24, 2.45) is 5.73 Å². The van der Waals surface area contributed by atoms with Crippen LogP contribution in [0.2, 0.25) is 0 Å². The van der Waals surface area contributed by atoms with Crippen LogP contribution in [0.3, 0.4) is 0 Å². The maximum atomic E-state index is 11.7. The van der Waals surface area contributed by atoms with E-state index < -0.39 is 0 Å². The summed E-state index contributed by atoms with van der Waals surface area (Å²) in [6.45, 7) is 3.54. The minimum absolute atomic E-state index is 0.362. The van der Waals surface area contributed by atoms with Crippen molar-refractivity contribution in [1.82, 2.24) is 19.9 Å². The number of nitrogens with one attached hydrogen (secondary N) is 2. The Balaban J connectivity index is 1.75. The third-order valence-electron chi connectivity index (χ3n) is 4.56. The summed E-state index contributed by atoms with van der Waals surface area (Å²) in [6.07, 6.45) is 3.55. The minimum Gasteiger partial charge on any atom is -0.465 e. The Morgan fingerprint density at radius 1 is 1.30 bits per heavy atom. The largest absolute Gasteiger partial charge is 0.465 e. The number of aromatic nitrogens is 3. The molecular weight excluding hydrogens is 344 g/mol. The van der Waals surface area contributed by atoms with Crippen molar-refractivity contribution >= 4 is 33.7 Å². The highest BCUT2D eigenvalue weighted by Crippen LogP contribution is 2.29. The topological polar surface area (TPSA) is 109 Å². The predicted octanol–water partition coefficient (Wildman–Crippen LogP) is 1.98. The van der Waals surface area contributed by atoms with Gasteiger partial charge in [-0.05, 0) is 51.7 Å². The highest BCUT2D eigenvalue weighted by Gasteiger charge is 2.13. The number of benzene rings is 1. The quantitative estimate of drug-likeness (QED) is 0.390. The maximum absolute atomic E-state index is 11.7. The molecule has 0 aliphatic carbocycles. The molecule has 0 radical (unpaired) electrons. The fraction of sp³-hybridized carbons (Fsp3) is 0.421. The molecule has 0 bridgehead atoms. The summed E-state index contributed by atoms with van der Waals surface area (Å²) in [5, 5.41) is 5.32. The molecule has 0 unspecified atom stereocenters. The molecule has 4 N–H and O–H groups in total. The van der Waals surface area contributed by atoms with Crippen LogP contribution in [-0.2, 0) is 4.74 Å². The first-order valence-electron chi connectivity index (χ1n) is 9.11. The van der Waals surface area contributed by atoms with Gasteiger partial charge >= 0.3 is 5.97 Å². The SMILES string of the molecule is COC(=O)c1ccc2c(c1)[nH]c1ncnc(NCCCN(C)CCCN)c12. The molecule has 0 spiro atoms. The van der Waals surface area contributed by atoms with Gasteiger partial charge in [-0.1, -0.05) is 6.07 Å². The Morgan fingerprint density at radius 3 is 2.89 bits per heavy atom. The van der Waals surface area contributed by atoms with Gasteiger partial charge in [0.05, 0.1) is 18.1 Å². The first-order valence-corrected chi connectivity index (χ1v) is 9.11. The van der Waals surface area contributed by atoms with Crippen LogP contribution in [0, 0.1) is 0 Å². The predicted molar refractivity (Wildman–Crippen MR) is 107 cm³/mol. The molecule has 144 valence electrons. The number of nitrogens with zero attached hydrogens (tertiary/aromatic N) is 3. The Hall–Kier alpha value is -2.71. The second-order valence-corrected chi connectivity index (χ2v) is 6.55. The van der Waals surface area contributed by atoms with E-state index in [0.717, 1.165) is 66.8 Å². The van der Waals surface area contributed by atoms with Crippen molar-refractivity contribution in [2.45, 2.75) is 12.8 Å². The van der Waals surface area contributed by atoms with Crippen LogP contribution in [0.15, 0.2) is 24.5 Å². The molecule has 0 fully saturated rings. The molecule has 3 rings (SSSR count). The van der Waals surface area contributed by atoms with Gasteiger partial charge in [0.25, 0.3) is 0 Å². The number of aromatic amines is 1. The molecule has 0 amide bonds. The van der Waals surface area contributed by atoms with Gasteiger partial charge in [-0.2, -0.15) is 0 Å². The smallest absolute Gasteiger partial charge is 0.337 e. The molecule has 3 aromatic rings. The van der Waals surface area contributed by atoms with Crippen molar-refractivity contribution < 1.29 is 9.53 Å². The Labute approximate surface area is 158 Å². The summed E-state index contributed by atoms with van der Waals surface area (Å²) < 4.78 is 4.79. The Bertz CT molecular complexity index is 923. The zero-order valence-corrected chi connectivity index (χ0v) is 15.8. The van der Waals surface area contributed by atoms with E-state index in [1.54, 1.807) is 12.1 Å². The van der Waals surface area contributed by atoms with Crippen molar-refractivity contribution in [3.8, 4) is 0 Å². The number of hydrogen-bond donors (Lipinski definition) is 3. The summed E-state index contributed by atoms with van der Waals surface area (Å²) in [7, 11) is 3.48. The van der Waals surface area contributed by atoms with Gasteiger partial charge in [0.2, 0.25) is 0 Å². The fourth-order valence-electron chi connectivity index (χ4n) is 3.14. The van der Waals surface area contributed by atoms with Gasteiger partial charge in [0, 0.05) is 17.4 Å². The average Bonchev–Trinajstić information content (AvgIpc) is 3.07. The molecule has 2 aromatic heterocycles. The second-order valence-electron chi connectivity index (χ2n) is 6.55. The van der Waals surface area contributed by atoms with E-state index in [1.807, 2.05) is 6.07 Å². The van der Waals surface area contributed by atoms with Crippen molar-refractivity contribution in [3.63, 3.8) is 0 Å². The van der Waals surface area contributed by atoms with Gasteiger partial charge in [-0.25, -0.2) is 14.8 Å². The average molecular weight is 370 g/mol. The highest BCUT2D eigenvalue weighted by atomic mass is 16.5. The number of rotatable bonds is 9. The number of anilines is 1. The number of fused-ring (bicyclic) bond motifs is 3. The molecule has 8 nitrogen and oxygen atoms in total. The highest BCUT2D eigenvalue weighted by molar-refractivity contribution is 6.12. The third kappa shape index (κ3) is 4.35. The van der Waals surface area contributed by atoms with Crippen LogP contribution < -0.4 is 11.1 Å². The summed E-state index contributed by atoms with van der Waals surface area (Å²) in [6, 6.07) is 5.43. The summed E-state index contributed by atoms with van der Waals surface area (Å²) in [5.74, 6) is 0.431. The van der Waals surface area contributed by atoms with Crippen LogP contribution in [0.4, 0.5) is 5.82 Å². The number of nitrogens with two attached hydrogens (primary N) is 1. The zero-order chi connectivity index (χ0) is 19.2. The molecule has 27 heavy (non-hydrogen) atoms. The number of carbonyl (C=O) groups excluding carboxylic acids is 1. The number of hydrogen-bond acceptors (Lipinski definition) is 7. The number of carbonyl (C=O) groups is 1. The first-order chi connectivity index (χ1) is 13.1. The lowest BCUT2D eigenvalue weighted by molar-refractivity contribution is 0.0601. The normalized spacial score (nSPS) is 11.4. The molecule has 0 saturated heterocycles. The van der Waals surface area contributed by atoms with Crippen LogP contribution >= 0.6 is 0 Å². The van der Waals surface area contributed by atoms with E-state index in [0.29, 0.717) is 5.56 Å². The van der Waals surface area contributed by atoms with Crippen molar-refractivity contribution in [2.75, 3.05) is 45.7 Å². The molecule has 0 aliphatic rings. The lowest BCUT2D eigenvalue weighted by Gasteiger charge is -2.16. The molecule has 0 saturated carbocycles. The van der Waals surface area contributed by atoms with Crippen molar-refractivity contribution in [3.05, 3.63) is 30.1 Å². The molecule has 0 aliphatic heterocycles. The summed E-state index contributed by atoms with van der Waals surface area (Å²) in [5.41, 5.74) is 7.62. The number of methoxy groups -OCH3 is 1. The second kappa shape index (κ2) is 8.79. The number of esters is 1. The Kier molecular flexibility index (Phi) is 6.20. The van der Waals surface area contributed by atoms with Gasteiger partial charge in [0.1, 0.15) is 17.8 Å². The fourth-order valence-corrected chi connectivity index (χ4v) is 3.14. The van der Waals surface area contributed by atoms with E-state index >= 15 is 0 Å². The van der Waals surface area contributed by atoms with E-state index in [1.165, 1.54) is 13.4 Å². The number of ether oxygens (including phenoxy) is 1. The van der Waals surface area contributed by atoms with Crippen LogP contribution in [0.25, 0.3) is 21.9 Å². The molecular formula is C19H26N6O2. The van der Waals surface area contributed by atoms with E-state index in [9.17, 15) is 4.79 Å². The third-order valence-corrected chi connectivity index (χ3v) is 4.56. The number of H-pyrrole nitrogens is 1. The lowest BCUT2D eigenvalue weighted by Crippen LogP contribution is -2.24. The monoisotopic (exact) mass is 370 g/mol. The van der Waals surface area contributed by atoms with Crippen LogP contribution in [0.5, 0.6) is 0 Å². The van der Waals surface area contributed by atoms with Gasteiger partial charge in [0.15, 0.2) is 0 Å². The Morgan fingerprint density at radius 2 is 2.11 bits per heavy atom. The van der Waals surface area contributed by atoms with Gasteiger partial charge < -0.3 is 25.7 Å². The van der Waals surface area contributed by atoms with E-state index in [4.69, 9.17) is 10.5 Å². The van der Waals surface area contributed by atoms with Crippen molar-refractivity contribution in [1.29, 1.82) is 0 Å². The minimum atomic E-state index is -0.362. The van der Waals surface area contributed by atoms with Crippen LogP contribution in [0.1, 0.15) is 23.2 Å². The summed E-state index contributed by atoms with van der Waals surface area (Å²) >= 11 is 0. The summed E-state index contributed by atoms with van der Waals surface area (Å²) in [4.78, 5) is 26.0. The van der Waals surface area contributed by atoms with Gasteiger partial charge in [-0.3, -0.25) is 0 Å². The lowest BCUT2D eigenvalue weighted by atomic mass is 10.1. The first kappa shape index (κ1) is 19.1. The molecule has 0 atom stereocenters. The molecule has 1 aromatic carbocycles.